The Kier molecular flexibility index (Phi) is 4.91. The number of benzene rings is 2. The molecule has 0 atom stereocenters. The molecule has 2 aromatic carbocycles. The van der Waals surface area contributed by atoms with Gasteiger partial charge in [-0.2, -0.15) is 10.1 Å². The minimum Gasteiger partial charge on any atom is -0.339 e. The number of nitrogens with one attached hydrogen (secondary N) is 2. The lowest BCUT2D eigenvalue weighted by Crippen LogP contribution is -2.04. The number of para-hydroxylation sites is 1. The highest BCUT2D eigenvalue weighted by molar-refractivity contribution is 6.31. The second-order valence-electron chi connectivity index (χ2n) is 5.34. The molecule has 0 fully saturated rings. The van der Waals surface area contributed by atoms with Crippen molar-refractivity contribution in [3.05, 3.63) is 64.8 Å². The molecule has 2 N–H and O–H groups in total. The topological polar surface area (TPSA) is 62.7 Å². The van der Waals surface area contributed by atoms with Crippen LogP contribution < -0.4 is 10.6 Å². The van der Waals surface area contributed by atoms with Gasteiger partial charge in [-0.3, -0.25) is 0 Å². The highest BCUT2D eigenvalue weighted by atomic mass is 35.5. The molecule has 0 bridgehead atoms. The van der Waals surface area contributed by atoms with E-state index in [1.54, 1.807) is 6.20 Å². The maximum Gasteiger partial charge on any atom is 0.249 e. The van der Waals surface area contributed by atoms with Crippen LogP contribution in [-0.2, 0) is 6.42 Å². The molecule has 0 radical (unpaired) electrons. The van der Waals surface area contributed by atoms with Crippen LogP contribution in [-0.4, -0.2) is 15.2 Å². The van der Waals surface area contributed by atoms with E-state index in [1.807, 2.05) is 43.3 Å². The van der Waals surface area contributed by atoms with E-state index < -0.39 is 0 Å². The molecule has 0 aliphatic rings. The summed E-state index contributed by atoms with van der Waals surface area (Å²) < 4.78 is 0. The number of rotatable bonds is 5. The predicted molar refractivity (Wildman–Crippen MR) is 98.4 cm³/mol. The van der Waals surface area contributed by atoms with Crippen LogP contribution in [0.15, 0.2) is 48.7 Å². The van der Waals surface area contributed by atoms with E-state index in [0.717, 1.165) is 23.4 Å². The molecule has 5 nitrogen and oxygen atoms in total. The molecule has 3 rings (SSSR count). The molecule has 1 aromatic heterocycles. The summed E-state index contributed by atoms with van der Waals surface area (Å²) in [6.45, 7) is 4.06. The number of anilines is 4. The van der Waals surface area contributed by atoms with Crippen LogP contribution in [0.2, 0.25) is 5.02 Å². The smallest absolute Gasteiger partial charge is 0.249 e. The number of hydrogen-bond acceptors (Lipinski definition) is 5. The fourth-order valence-corrected chi connectivity index (χ4v) is 2.54. The Labute approximate surface area is 146 Å². The second kappa shape index (κ2) is 7.27. The Morgan fingerprint density at radius 2 is 1.79 bits per heavy atom. The van der Waals surface area contributed by atoms with Gasteiger partial charge in [0.2, 0.25) is 5.95 Å². The Morgan fingerprint density at radius 3 is 2.62 bits per heavy atom. The number of aryl methyl sites for hydroxylation is 1. The number of aromatic nitrogens is 3. The quantitative estimate of drug-likeness (QED) is 0.693. The molecule has 122 valence electrons. The van der Waals surface area contributed by atoms with E-state index in [-0.39, 0.29) is 0 Å². The van der Waals surface area contributed by atoms with Gasteiger partial charge in [-0.1, -0.05) is 42.8 Å². The van der Waals surface area contributed by atoms with Crippen molar-refractivity contribution in [3.8, 4) is 0 Å². The predicted octanol–water partition coefficient (Wildman–Crippen LogP) is 4.88. The average Bonchev–Trinajstić information content (AvgIpc) is 2.60. The SMILES string of the molecule is CCc1ccccc1Nc1cnnc(Nc2cccc(Cl)c2C)n1. The van der Waals surface area contributed by atoms with Crippen LogP contribution in [0.3, 0.4) is 0 Å². The minimum absolute atomic E-state index is 0.416. The summed E-state index contributed by atoms with van der Waals surface area (Å²) in [4.78, 5) is 4.47. The van der Waals surface area contributed by atoms with E-state index in [1.165, 1.54) is 5.56 Å². The average molecular weight is 340 g/mol. The highest BCUT2D eigenvalue weighted by Gasteiger charge is 2.07. The van der Waals surface area contributed by atoms with Crippen LogP contribution >= 0.6 is 11.6 Å². The largest absolute Gasteiger partial charge is 0.339 e. The molecular weight excluding hydrogens is 322 g/mol. The fourth-order valence-electron chi connectivity index (χ4n) is 2.37. The molecule has 3 aromatic rings. The van der Waals surface area contributed by atoms with Gasteiger partial charge in [0, 0.05) is 16.4 Å². The molecule has 0 saturated carbocycles. The maximum absolute atomic E-state index is 6.14. The van der Waals surface area contributed by atoms with Gasteiger partial charge in [0.05, 0.1) is 6.20 Å². The second-order valence-corrected chi connectivity index (χ2v) is 5.75. The molecule has 0 aliphatic carbocycles. The van der Waals surface area contributed by atoms with Gasteiger partial charge in [-0.05, 0) is 42.7 Å². The van der Waals surface area contributed by atoms with E-state index >= 15 is 0 Å². The van der Waals surface area contributed by atoms with Crippen molar-refractivity contribution in [1.82, 2.24) is 15.2 Å². The van der Waals surface area contributed by atoms with Crippen molar-refractivity contribution < 1.29 is 0 Å². The van der Waals surface area contributed by atoms with E-state index in [9.17, 15) is 0 Å². The zero-order valence-corrected chi connectivity index (χ0v) is 14.3. The van der Waals surface area contributed by atoms with Gasteiger partial charge >= 0.3 is 0 Å². The van der Waals surface area contributed by atoms with Gasteiger partial charge < -0.3 is 10.6 Å². The summed E-state index contributed by atoms with van der Waals surface area (Å²) >= 11 is 6.14. The highest BCUT2D eigenvalue weighted by Crippen LogP contribution is 2.25. The molecule has 0 unspecified atom stereocenters. The molecule has 0 saturated heterocycles. The van der Waals surface area contributed by atoms with Crippen LogP contribution in [0.1, 0.15) is 18.1 Å². The lowest BCUT2D eigenvalue weighted by Gasteiger charge is -2.12. The number of nitrogens with zero attached hydrogens (tertiary/aromatic N) is 3. The maximum atomic E-state index is 6.14. The van der Waals surface area contributed by atoms with Gasteiger partial charge in [0.25, 0.3) is 0 Å². The monoisotopic (exact) mass is 339 g/mol. The normalized spacial score (nSPS) is 10.5. The Morgan fingerprint density at radius 1 is 1.00 bits per heavy atom. The van der Waals surface area contributed by atoms with E-state index in [2.05, 4.69) is 38.8 Å². The summed E-state index contributed by atoms with van der Waals surface area (Å²) in [7, 11) is 0. The van der Waals surface area contributed by atoms with Gasteiger partial charge in [0.1, 0.15) is 0 Å². The van der Waals surface area contributed by atoms with Crippen molar-refractivity contribution >= 4 is 34.7 Å². The molecule has 6 heteroatoms. The summed E-state index contributed by atoms with van der Waals surface area (Å²) in [5, 5.41) is 15.2. The first-order valence-electron chi connectivity index (χ1n) is 7.74. The van der Waals surface area contributed by atoms with E-state index in [0.29, 0.717) is 16.8 Å². The zero-order chi connectivity index (χ0) is 16.9. The Bertz CT molecular complexity index is 850. The first-order chi connectivity index (χ1) is 11.7. The van der Waals surface area contributed by atoms with Crippen molar-refractivity contribution in [1.29, 1.82) is 0 Å². The standard InChI is InChI=1S/C18H18ClN5/c1-3-13-7-4-5-9-16(13)21-17-11-20-24-18(23-17)22-15-10-6-8-14(19)12(15)2/h4-11H,3H2,1-2H3,(H2,21,22,23,24). The van der Waals surface area contributed by atoms with Crippen LogP contribution in [0, 0.1) is 6.92 Å². The van der Waals surface area contributed by atoms with E-state index in [4.69, 9.17) is 11.6 Å². The van der Waals surface area contributed by atoms with Crippen LogP contribution in [0.25, 0.3) is 0 Å². The van der Waals surface area contributed by atoms with Crippen molar-refractivity contribution in [2.75, 3.05) is 10.6 Å². The summed E-state index contributed by atoms with van der Waals surface area (Å²) in [6.07, 6.45) is 2.54. The Balaban J connectivity index is 1.83. The third-order valence-corrected chi connectivity index (χ3v) is 4.14. The molecular formula is C18H18ClN5. The van der Waals surface area contributed by atoms with Gasteiger partial charge in [0.15, 0.2) is 5.82 Å². The third-order valence-electron chi connectivity index (χ3n) is 3.73. The molecule has 24 heavy (non-hydrogen) atoms. The number of halogens is 1. The minimum atomic E-state index is 0.416. The van der Waals surface area contributed by atoms with Crippen molar-refractivity contribution in [3.63, 3.8) is 0 Å². The summed E-state index contributed by atoms with van der Waals surface area (Å²) in [5.74, 6) is 1.05. The van der Waals surface area contributed by atoms with Crippen molar-refractivity contribution in [2.45, 2.75) is 20.3 Å². The van der Waals surface area contributed by atoms with Crippen molar-refractivity contribution in [2.24, 2.45) is 0 Å². The first-order valence-corrected chi connectivity index (χ1v) is 8.12. The lowest BCUT2D eigenvalue weighted by molar-refractivity contribution is 0.981. The Hall–Kier alpha value is -2.66. The van der Waals surface area contributed by atoms with Gasteiger partial charge in [-0.25, -0.2) is 0 Å². The first kappa shape index (κ1) is 16.2. The zero-order valence-electron chi connectivity index (χ0n) is 13.5. The third kappa shape index (κ3) is 3.63. The summed E-state index contributed by atoms with van der Waals surface area (Å²) in [5.41, 5.74) is 4.04. The number of hydrogen-bond donors (Lipinski definition) is 2. The lowest BCUT2D eigenvalue weighted by atomic mass is 10.1. The summed E-state index contributed by atoms with van der Waals surface area (Å²) in [6, 6.07) is 13.8. The van der Waals surface area contributed by atoms with Crippen LogP contribution in [0.4, 0.5) is 23.1 Å². The fraction of sp³-hybridized carbons (Fsp3) is 0.167. The molecule has 1 heterocycles. The molecule has 0 spiro atoms. The molecule has 0 amide bonds. The molecule has 0 aliphatic heterocycles. The van der Waals surface area contributed by atoms with Gasteiger partial charge in [-0.15, -0.1) is 5.10 Å². The van der Waals surface area contributed by atoms with Crippen LogP contribution in [0.5, 0.6) is 0 Å².